The van der Waals surface area contributed by atoms with Gasteiger partial charge in [0.25, 0.3) is 0 Å². The molecule has 5 heteroatoms. The maximum absolute atomic E-state index is 12.3. The zero-order valence-electron chi connectivity index (χ0n) is 12.5. The number of carbonyl (C=O) groups excluding carboxylic acids is 2. The van der Waals surface area contributed by atoms with E-state index in [9.17, 15) is 9.59 Å². The molecule has 110 valence electrons. The van der Waals surface area contributed by atoms with Crippen molar-refractivity contribution in [2.24, 2.45) is 0 Å². The van der Waals surface area contributed by atoms with Gasteiger partial charge in [-0.1, -0.05) is 6.92 Å². The van der Waals surface area contributed by atoms with E-state index >= 15 is 0 Å². The number of imide groups is 1. The minimum absolute atomic E-state index is 0.00646. The highest BCUT2D eigenvalue weighted by molar-refractivity contribution is 7.12. The van der Waals surface area contributed by atoms with Crippen molar-refractivity contribution in [1.82, 2.24) is 10.2 Å². The van der Waals surface area contributed by atoms with Gasteiger partial charge >= 0.3 is 0 Å². The Labute approximate surface area is 124 Å². The second kappa shape index (κ2) is 6.06. The summed E-state index contributed by atoms with van der Waals surface area (Å²) in [4.78, 5) is 28.1. The van der Waals surface area contributed by atoms with E-state index in [1.165, 1.54) is 20.2 Å². The molecule has 1 aromatic heterocycles. The summed E-state index contributed by atoms with van der Waals surface area (Å²) in [6.45, 7) is 8.74. The average Bonchev–Trinajstić information content (AvgIpc) is 2.87. The molecule has 4 nitrogen and oxygen atoms in total. The van der Waals surface area contributed by atoms with Gasteiger partial charge in [-0.15, -0.1) is 11.3 Å². The van der Waals surface area contributed by atoms with E-state index in [0.29, 0.717) is 6.54 Å². The smallest absolute Gasteiger partial charge is 0.247 e. The summed E-state index contributed by atoms with van der Waals surface area (Å²) in [7, 11) is 0. The normalized spacial score (nSPS) is 20.8. The van der Waals surface area contributed by atoms with Crippen molar-refractivity contribution in [3.05, 3.63) is 21.4 Å². The third kappa shape index (κ3) is 2.94. The highest BCUT2D eigenvalue weighted by Gasteiger charge is 2.40. The molecular weight excluding hydrogens is 272 g/mol. The SMILES string of the molecule is CCC(C)N1C(=O)CC(NCc2cc(C)c(C)s2)C1=O. The maximum atomic E-state index is 12.3. The molecule has 2 heterocycles. The third-order valence-corrected chi connectivity index (χ3v) is 5.11. The molecule has 0 aromatic carbocycles. The van der Waals surface area contributed by atoms with Crippen LogP contribution in [-0.4, -0.2) is 28.8 Å². The summed E-state index contributed by atoms with van der Waals surface area (Å²) in [5.74, 6) is -0.130. The van der Waals surface area contributed by atoms with Crippen LogP contribution in [0.3, 0.4) is 0 Å². The van der Waals surface area contributed by atoms with Crippen molar-refractivity contribution < 1.29 is 9.59 Å². The summed E-state index contributed by atoms with van der Waals surface area (Å²) in [6.07, 6.45) is 1.08. The molecule has 2 unspecified atom stereocenters. The van der Waals surface area contributed by atoms with Crippen LogP contribution in [0.25, 0.3) is 0 Å². The highest BCUT2D eigenvalue weighted by atomic mass is 32.1. The van der Waals surface area contributed by atoms with E-state index < -0.39 is 0 Å². The molecule has 1 N–H and O–H groups in total. The lowest BCUT2D eigenvalue weighted by molar-refractivity contribution is -0.141. The first-order valence-corrected chi connectivity index (χ1v) is 7.90. The second-order valence-corrected chi connectivity index (χ2v) is 6.79. The lowest BCUT2D eigenvalue weighted by atomic mass is 10.2. The van der Waals surface area contributed by atoms with E-state index in [1.54, 1.807) is 11.3 Å². The molecule has 0 spiro atoms. The minimum Gasteiger partial charge on any atom is -0.300 e. The van der Waals surface area contributed by atoms with Crippen LogP contribution < -0.4 is 5.32 Å². The Bertz CT molecular complexity index is 504. The monoisotopic (exact) mass is 294 g/mol. The fourth-order valence-corrected chi connectivity index (χ4v) is 3.42. The molecule has 1 aromatic rings. The number of hydrogen-bond donors (Lipinski definition) is 1. The van der Waals surface area contributed by atoms with E-state index in [4.69, 9.17) is 0 Å². The van der Waals surface area contributed by atoms with Gasteiger partial charge in [0.2, 0.25) is 11.8 Å². The molecule has 1 aliphatic rings. The topological polar surface area (TPSA) is 49.4 Å². The Hall–Kier alpha value is -1.20. The van der Waals surface area contributed by atoms with E-state index in [1.807, 2.05) is 13.8 Å². The van der Waals surface area contributed by atoms with Gasteiger partial charge < -0.3 is 5.32 Å². The van der Waals surface area contributed by atoms with Gasteiger partial charge in [0.1, 0.15) is 0 Å². The number of hydrogen-bond acceptors (Lipinski definition) is 4. The van der Waals surface area contributed by atoms with Crippen molar-refractivity contribution in [2.75, 3.05) is 0 Å². The highest BCUT2D eigenvalue weighted by Crippen LogP contribution is 2.22. The van der Waals surface area contributed by atoms with Crippen LogP contribution in [0.5, 0.6) is 0 Å². The lowest BCUT2D eigenvalue weighted by Gasteiger charge is -2.21. The van der Waals surface area contributed by atoms with Crippen LogP contribution in [-0.2, 0) is 16.1 Å². The number of carbonyl (C=O) groups is 2. The second-order valence-electron chi connectivity index (χ2n) is 5.45. The van der Waals surface area contributed by atoms with E-state index in [2.05, 4.69) is 25.2 Å². The molecule has 0 radical (unpaired) electrons. The largest absolute Gasteiger partial charge is 0.300 e. The van der Waals surface area contributed by atoms with Gasteiger partial charge in [-0.05, 0) is 38.8 Å². The van der Waals surface area contributed by atoms with Crippen LogP contribution in [0.1, 0.15) is 42.0 Å². The number of thiophene rings is 1. The van der Waals surface area contributed by atoms with Gasteiger partial charge in [-0.25, -0.2) is 0 Å². The third-order valence-electron chi connectivity index (χ3n) is 3.95. The quantitative estimate of drug-likeness (QED) is 0.848. The number of likely N-dealkylation sites (tertiary alicyclic amines) is 1. The fraction of sp³-hybridized carbons (Fsp3) is 0.600. The Morgan fingerprint density at radius 1 is 1.45 bits per heavy atom. The zero-order valence-corrected chi connectivity index (χ0v) is 13.3. The Balaban J connectivity index is 1.97. The summed E-state index contributed by atoms with van der Waals surface area (Å²) in [6, 6.07) is 1.77. The predicted molar refractivity (Wildman–Crippen MR) is 80.6 cm³/mol. The molecular formula is C15H22N2O2S. The van der Waals surface area contributed by atoms with Crippen molar-refractivity contribution in [3.8, 4) is 0 Å². The number of rotatable bonds is 5. The van der Waals surface area contributed by atoms with Crippen molar-refractivity contribution >= 4 is 23.2 Å². The Kier molecular flexibility index (Phi) is 4.60. The van der Waals surface area contributed by atoms with Crippen LogP contribution in [0.15, 0.2) is 6.07 Å². The van der Waals surface area contributed by atoms with Gasteiger partial charge in [-0.2, -0.15) is 0 Å². The number of nitrogens with zero attached hydrogens (tertiary/aromatic N) is 1. The van der Waals surface area contributed by atoms with Crippen molar-refractivity contribution in [1.29, 1.82) is 0 Å². The Morgan fingerprint density at radius 2 is 2.15 bits per heavy atom. The molecule has 0 saturated carbocycles. The first-order chi connectivity index (χ1) is 9.43. The average molecular weight is 294 g/mol. The molecule has 2 rings (SSSR count). The number of nitrogens with one attached hydrogen (secondary N) is 1. The molecule has 1 aliphatic heterocycles. The maximum Gasteiger partial charge on any atom is 0.247 e. The minimum atomic E-state index is -0.362. The summed E-state index contributed by atoms with van der Waals surface area (Å²) < 4.78 is 0. The van der Waals surface area contributed by atoms with Gasteiger partial charge in [0.05, 0.1) is 12.5 Å². The molecule has 2 amide bonds. The van der Waals surface area contributed by atoms with Crippen LogP contribution >= 0.6 is 11.3 Å². The van der Waals surface area contributed by atoms with Crippen LogP contribution in [0, 0.1) is 13.8 Å². The predicted octanol–water partition coefficient (Wildman–Crippen LogP) is 2.38. The molecule has 2 atom stereocenters. The van der Waals surface area contributed by atoms with Crippen molar-refractivity contribution in [2.45, 2.75) is 59.2 Å². The van der Waals surface area contributed by atoms with Crippen LogP contribution in [0.4, 0.5) is 0 Å². The zero-order chi connectivity index (χ0) is 14.9. The van der Waals surface area contributed by atoms with Crippen molar-refractivity contribution in [3.63, 3.8) is 0 Å². The molecule has 0 bridgehead atoms. The standard InChI is InChI=1S/C15H22N2O2S/c1-5-10(3)17-14(18)7-13(15(17)19)16-8-12-6-9(2)11(4)20-12/h6,10,13,16H,5,7-8H2,1-4H3. The van der Waals surface area contributed by atoms with Gasteiger partial charge in [-0.3, -0.25) is 14.5 Å². The molecule has 20 heavy (non-hydrogen) atoms. The summed E-state index contributed by atoms with van der Waals surface area (Å²) in [5.41, 5.74) is 1.28. The molecule has 0 aliphatic carbocycles. The van der Waals surface area contributed by atoms with Crippen LogP contribution in [0.2, 0.25) is 0 Å². The Morgan fingerprint density at radius 3 is 2.70 bits per heavy atom. The van der Waals surface area contributed by atoms with E-state index in [0.717, 1.165) is 6.42 Å². The first-order valence-electron chi connectivity index (χ1n) is 7.09. The lowest BCUT2D eigenvalue weighted by Crippen LogP contribution is -2.42. The van der Waals surface area contributed by atoms with E-state index in [-0.39, 0.29) is 30.3 Å². The van der Waals surface area contributed by atoms with Gasteiger partial charge in [0.15, 0.2) is 0 Å². The van der Waals surface area contributed by atoms with Gasteiger partial charge in [0, 0.05) is 22.3 Å². The fourth-order valence-electron chi connectivity index (χ4n) is 2.42. The molecule has 1 fully saturated rings. The molecule has 1 saturated heterocycles. The number of amides is 2. The first kappa shape index (κ1) is 15.2. The summed E-state index contributed by atoms with van der Waals surface area (Å²) >= 11 is 1.74. The summed E-state index contributed by atoms with van der Waals surface area (Å²) in [5, 5.41) is 3.23. The number of aryl methyl sites for hydroxylation is 2.